The second-order valence-corrected chi connectivity index (χ2v) is 6.58. The molecule has 0 amide bonds. The van der Waals surface area contributed by atoms with Crippen molar-refractivity contribution in [1.82, 2.24) is 0 Å². The summed E-state index contributed by atoms with van der Waals surface area (Å²) in [5.74, 6) is 0. The molecule has 0 N–H and O–H groups in total. The second kappa shape index (κ2) is 4.72. The second-order valence-electron chi connectivity index (χ2n) is 4.75. The quantitative estimate of drug-likeness (QED) is 0.757. The minimum Gasteiger partial charge on any atom is -0.219 e. The van der Waals surface area contributed by atoms with Gasteiger partial charge in [0.2, 0.25) is 9.84 Å². The molecule has 0 aliphatic carbocycles. The van der Waals surface area contributed by atoms with Crippen molar-refractivity contribution in [3.8, 4) is 6.07 Å². The first-order valence-corrected chi connectivity index (χ1v) is 6.74. The molecule has 0 spiro atoms. The lowest BCUT2D eigenvalue weighted by atomic mass is 9.87. The molecule has 3 nitrogen and oxygen atoms in total. The van der Waals surface area contributed by atoms with Gasteiger partial charge in [-0.05, 0) is 23.1 Å². The van der Waals surface area contributed by atoms with Crippen LogP contribution < -0.4 is 0 Å². The van der Waals surface area contributed by atoms with Crippen molar-refractivity contribution >= 4 is 9.84 Å². The van der Waals surface area contributed by atoms with Crippen LogP contribution in [0.15, 0.2) is 40.6 Å². The van der Waals surface area contributed by atoms with E-state index in [9.17, 15) is 8.42 Å². The molecular weight excluding hydrogens is 234 g/mol. The number of hydrogen-bond acceptors (Lipinski definition) is 3. The summed E-state index contributed by atoms with van der Waals surface area (Å²) >= 11 is 0. The molecule has 0 aliphatic rings. The van der Waals surface area contributed by atoms with Gasteiger partial charge < -0.3 is 0 Å². The van der Waals surface area contributed by atoms with Crippen LogP contribution >= 0.6 is 0 Å². The van der Waals surface area contributed by atoms with Gasteiger partial charge in [-0.2, -0.15) is 5.26 Å². The Morgan fingerprint density at radius 1 is 1.18 bits per heavy atom. The number of allylic oxidation sites excluding steroid dienone is 1. The molecule has 1 aromatic rings. The summed E-state index contributed by atoms with van der Waals surface area (Å²) in [6.07, 6.45) is 0.965. The van der Waals surface area contributed by atoms with Crippen LogP contribution in [0.1, 0.15) is 26.3 Å². The van der Waals surface area contributed by atoms with E-state index in [0.717, 1.165) is 17.0 Å². The van der Waals surface area contributed by atoms with Crippen LogP contribution in [-0.2, 0) is 15.3 Å². The van der Waals surface area contributed by atoms with Crippen LogP contribution in [0.4, 0.5) is 0 Å². The van der Waals surface area contributed by atoms with E-state index >= 15 is 0 Å². The fourth-order valence-corrected chi connectivity index (χ4v) is 2.26. The Labute approximate surface area is 102 Å². The smallest absolute Gasteiger partial charge is 0.200 e. The first-order valence-electron chi connectivity index (χ1n) is 5.19. The SMILES string of the molecule is CC(C)(C)c1ccc(S(=O)(=O)C=CC#N)cc1. The maximum absolute atomic E-state index is 11.7. The highest BCUT2D eigenvalue weighted by Gasteiger charge is 2.15. The highest BCUT2D eigenvalue weighted by atomic mass is 32.2. The molecule has 90 valence electrons. The molecule has 0 aromatic heterocycles. The van der Waals surface area contributed by atoms with Gasteiger partial charge in [0, 0.05) is 11.5 Å². The predicted octanol–water partition coefficient (Wildman–Crippen LogP) is 2.80. The third-order valence-electron chi connectivity index (χ3n) is 2.37. The summed E-state index contributed by atoms with van der Waals surface area (Å²) in [4.78, 5) is 0.206. The van der Waals surface area contributed by atoms with E-state index in [2.05, 4.69) is 20.8 Å². The molecule has 0 radical (unpaired) electrons. The van der Waals surface area contributed by atoms with Gasteiger partial charge >= 0.3 is 0 Å². The lowest BCUT2D eigenvalue weighted by Gasteiger charge is -2.18. The van der Waals surface area contributed by atoms with Crippen LogP contribution in [0.25, 0.3) is 0 Å². The maximum Gasteiger partial charge on any atom is 0.200 e. The number of nitriles is 1. The third kappa shape index (κ3) is 3.43. The van der Waals surface area contributed by atoms with Gasteiger partial charge in [0.1, 0.15) is 0 Å². The van der Waals surface area contributed by atoms with E-state index in [0.29, 0.717) is 0 Å². The summed E-state index contributed by atoms with van der Waals surface area (Å²) in [7, 11) is -3.49. The normalized spacial score (nSPS) is 12.6. The molecule has 1 rings (SSSR count). The molecule has 0 heterocycles. The molecule has 0 atom stereocenters. The van der Waals surface area contributed by atoms with Crippen molar-refractivity contribution in [1.29, 1.82) is 5.26 Å². The molecule has 0 saturated heterocycles. The Hall–Kier alpha value is -1.60. The molecule has 17 heavy (non-hydrogen) atoms. The lowest BCUT2D eigenvalue weighted by molar-refractivity contribution is 0.588. The van der Waals surface area contributed by atoms with Crippen LogP contribution in [0.2, 0.25) is 0 Å². The van der Waals surface area contributed by atoms with Crippen molar-refractivity contribution in [2.45, 2.75) is 31.1 Å². The van der Waals surface area contributed by atoms with E-state index in [4.69, 9.17) is 5.26 Å². The van der Waals surface area contributed by atoms with Gasteiger partial charge in [-0.15, -0.1) is 0 Å². The lowest BCUT2D eigenvalue weighted by Crippen LogP contribution is -2.11. The first kappa shape index (κ1) is 13.5. The van der Waals surface area contributed by atoms with Crippen molar-refractivity contribution in [3.63, 3.8) is 0 Å². The Balaban J connectivity index is 3.13. The van der Waals surface area contributed by atoms with E-state index in [-0.39, 0.29) is 10.3 Å². The van der Waals surface area contributed by atoms with Gasteiger partial charge in [0.05, 0.1) is 11.0 Å². The summed E-state index contributed by atoms with van der Waals surface area (Å²) < 4.78 is 23.4. The van der Waals surface area contributed by atoms with E-state index in [1.807, 2.05) is 0 Å². The van der Waals surface area contributed by atoms with Crippen LogP contribution in [0.5, 0.6) is 0 Å². The van der Waals surface area contributed by atoms with Crippen molar-refractivity contribution in [2.75, 3.05) is 0 Å². The molecule has 0 saturated carbocycles. The zero-order valence-electron chi connectivity index (χ0n) is 10.1. The van der Waals surface area contributed by atoms with Crippen molar-refractivity contribution in [3.05, 3.63) is 41.3 Å². The molecule has 4 heteroatoms. The van der Waals surface area contributed by atoms with E-state index < -0.39 is 9.84 Å². The zero-order valence-corrected chi connectivity index (χ0v) is 11.0. The van der Waals surface area contributed by atoms with Gasteiger partial charge in [0.25, 0.3) is 0 Å². The van der Waals surface area contributed by atoms with Crippen LogP contribution in [0, 0.1) is 11.3 Å². The minimum absolute atomic E-state index is 0.00914. The highest BCUT2D eigenvalue weighted by Crippen LogP contribution is 2.23. The number of benzene rings is 1. The fourth-order valence-electron chi connectivity index (χ4n) is 1.34. The Morgan fingerprint density at radius 3 is 2.12 bits per heavy atom. The average molecular weight is 249 g/mol. The zero-order chi connectivity index (χ0) is 13.1. The summed E-state index contributed by atoms with van der Waals surface area (Å²) in [6, 6.07) is 8.40. The molecule has 0 fully saturated rings. The summed E-state index contributed by atoms with van der Waals surface area (Å²) in [5, 5.41) is 9.24. The van der Waals surface area contributed by atoms with E-state index in [1.165, 1.54) is 0 Å². The molecular formula is C13H15NO2S. The Bertz CT molecular complexity index is 555. The summed E-state index contributed by atoms with van der Waals surface area (Å²) in [5.41, 5.74) is 1.06. The number of rotatable bonds is 2. The van der Waals surface area contributed by atoms with Crippen LogP contribution in [0.3, 0.4) is 0 Å². The first-order chi connectivity index (χ1) is 7.77. The molecule has 0 aliphatic heterocycles. The fraction of sp³-hybridized carbons (Fsp3) is 0.308. The number of sulfone groups is 1. The maximum atomic E-state index is 11.7. The average Bonchev–Trinajstić information content (AvgIpc) is 2.25. The van der Waals surface area contributed by atoms with Crippen LogP contribution in [-0.4, -0.2) is 8.42 Å². The van der Waals surface area contributed by atoms with Gasteiger partial charge in [-0.1, -0.05) is 32.9 Å². The number of nitrogens with zero attached hydrogens (tertiary/aromatic N) is 1. The van der Waals surface area contributed by atoms with E-state index in [1.54, 1.807) is 30.3 Å². The van der Waals surface area contributed by atoms with Crippen molar-refractivity contribution < 1.29 is 8.42 Å². The minimum atomic E-state index is -3.49. The third-order valence-corrected chi connectivity index (χ3v) is 3.79. The Kier molecular flexibility index (Phi) is 3.74. The molecule has 0 bridgehead atoms. The standard InChI is InChI=1S/C13H15NO2S/c1-13(2,3)11-5-7-12(8-6-11)17(15,16)10-4-9-14/h4-8,10H,1-3H3. The summed E-state index contributed by atoms with van der Waals surface area (Å²) in [6.45, 7) is 6.18. The topological polar surface area (TPSA) is 57.9 Å². The Morgan fingerprint density at radius 2 is 1.71 bits per heavy atom. The van der Waals surface area contributed by atoms with Crippen molar-refractivity contribution in [2.24, 2.45) is 0 Å². The largest absolute Gasteiger partial charge is 0.219 e. The van der Waals surface area contributed by atoms with Gasteiger partial charge in [-0.25, -0.2) is 8.42 Å². The molecule has 1 aromatic carbocycles. The monoisotopic (exact) mass is 249 g/mol. The van der Waals surface area contributed by atoms with Gasteiger partial charge in [-0.3, -0.25) is 0 Å². The number of hydrogen-bond donors (Lipinski definition) is 0. The predicted molar refractivity (Wildman–Crippen MR) is 67.1 cm³/mol. The molecule has 0 unspecified atom stereocenters. The highest BCUT2D eigenvalue weighted by molar-refractivity contribution is 7.94. The van der Waals surface area contributed by atoms with Gasteiger partial charge in [0.15, 0.2) is 0 Å².